The van der Waals surface area contributed by atoms with E-state index in [4.69, 9.17) is 37.3 Å². The topological polar surface area (TPSA) is 191 Å². The summed E-state index contributed by atoms with van der Waals surface area (Å²) >= 11 is 0. The third-order valence-electron chi connectivity index (χ3n) is 4.54. The zero-order valence-electron chi connectivity index (χ0n) is 14.3. The van der Waals surface area contributed by atoms with Crippen molar-refractivity contribution in [1.82, 2.24) is 9.80 Å². The number of halogens is 2. The Kier molecular flexibility index (Phi) is 10.2. The third-order valence-corrected chi connectivity index (χ3v) is 4.54. The van der Waals surface area contributed by atoms with Crippen LogP contribution in [0.5, 0.6) is 0 Å². The molecule has 4 fully saturated rings. The van der Waals surface area contributed by atoms with Gasteiger partial charge in [-0.15, -0.1) is 20.5 Å². The van der Waals surface area contributed by atoms with E-state index in [0.717, 1.165) is 12.1 Å². The Morgan fingerprint density at radius 1 is 0.577 bits per heavy atom. The quantitative estimate of drug-likeness (QED) is 0.341. The van der Waals surface area contributed by atoms with Crippen molar-refractivity contribution >= 4 is 0 Å². The molecule has 4 heterocycles. The number of rotatable bonds is 0. The van der Waals surface area contributed by atoms with E-state index in [0.29, 0.717) is 0 Å². The van der Waals surface area contributed by atoms with Gasteiger partial charge in [0.2, 0.25) is 0 Å². The molecular formula is C14H24Cl2N2O8. The highest BCUT2D eigenvalue weighted by molar-refractivity contribution is 4.97. The van der Waals surface area contributed by atoms with Crippen LogP contribution >= 0.6 is 0 Å². The van der Waals surface area contributed by atoms with Crippen molar-refractivity contribution in [2.24, 2.45) is 0 Å². The number of hydrogen-bond donors (Lipinski definition) is 0. The van der Waals surface area contributed by atoms with Crippen molar-refractivity contribution in [3.05, 3.63) is 12.8 Å². The molecule has 4 aliphatic heterocycles. The van der Waals surface area contributed by atoms with Gasteiger partial charge in [-0.25, -0.2) is 37.3 Å². The zero-order valence-corrected chi connectivity index (χ0v) is 15.8. The first-order chi connectivity index (χ1) is 11.9. The Hall–Kier alpha value is -0.0800. The van der Waals surface area contributed by atoms with Gasteiger partial charge < -0.3 is 0 Å². The molecule has 0 radical (unpaired) electrons. The molecule has 0 saturated carbocycles. The maximum atomic E-state index is 8.49. The summed E-state index contributed by atoms with van der Waals surface area (Å²) < 4.78 is 67.9. The molecule has 4 saturated heterocycles. The molecule has 0 aromatic heterocycles. The van der Waals surface area contributed by atoms with Gasteiger partial charge in [0, 0.05) is 39.0 Å². The molecule has 0 aromatic rings. The first-order valence-corrected chi connectivity index (χ1v) is 10.8. The van der Waals surface area contributed by atoms with Crippen molar-refractivity contribution in [2.75, 3.05) is 26.2 Å². The minimum absolute atomic E-state index is 0.884. The van der Waals surface area contributed by atoms with Crippen molar-refractivity contribution in [3.8, 4) is 0 Å². The molecule has 152 valence electrons. The van der Waals surface area contributed by atoms with E-state index in [2.05, 4.69) is 22.6 Å². The summed E-state index contributed by atoms with van der Waals surface area (Å²) in [5.41, 5.74) is 0. The smallest absolute Gasteiger partial charge is 0.151 e. The maximum Gasteiger partial charge on any atom is 0.151 e. The zero-order chi connectivity index (χ0) is 19.8. The van der Waals surface area contributed by atoms with E-state index in [1.54, 1.807) is 0 Å². The summed E-state index contributed by atoms with van der Waals surface area (Å²) in [7, 11) is -9.89. The number of nitrogens with zero attached hydrogens (tertiary/aromatic N) is 2. The Balaban J connectivity index is 0.000000180. The fourth-order valence-corrected chi connectivity index (χ4v) is 3.66. The summed E-state index contributed by atoms with van der Waals surface area (Å²) in [6.07, 6.45) is 13.3. The predicted octanol–water partition coefficient (Wildman–Crippen LogP) is -7.39. The van der Waals surface area contributed by atoms with Gasteiger partial charge in [0.05, 0.1) is 12.8 Å². The number of hydrogen-bond acceptors (Lipinski definition) is 10. The first-order valence-electron chi connectivity index (χ1n) is 8.32. The number of fused-ring (bicyclic) bond motifs is 2. The molecule has 0 bridgehead atoms. The van der Waals surface area contributed by atoms with Gasteiger partial charge in [-0.1, -0.05) is 0 Å². The molecule has 0 amide bonds. The van der Waals surface area contributed by atoms with Gasteiger partial charge in [0.15, 0.2) is 12.1 Å². The summed E-state index contributed by atoms with van der Waals surface area (Å²) in [5, 5.41) is 0. The fraction of sp³-hybridized carbons (Fsp3) is 0.857. The molecule has 0 aromatic carbocycles. The van der Waals surface area contributed by atoms with Crippen molar-refractivity contribution in [2.45, 2.75) is 50.6 Å². The second kappa shape index (κ2) is 11.1. The Bertz CT molecular complexity index is 306. The van der Waals surface area contributed by atoms with Crippen LogP contribution in [-0.2, 0) is 0 Å². The van der Waals surface area contributed by atoms with Gasteiger partial charge in [-0.05, 0) is 12.8 Å². The molecule has 0 spiro atoms. The molecule has 26 heavy (non-hydrogen) atoms. The van der Waals surface area contributed by atoms with Crippen molar-refractivity contribution < 1.29 is 57.8 Å². The lowest BCUT2D eigenvalue weighted by molar-refractivity contribution is -2.00. The van der Waals surface area contributed by atoms with Crippen LogP contribution in [0.3, 0.4) is 0 Å². The second-order valence-electron chi connectivity index (χ2n) is 6.30. The summed E-state index contributed by atoms with van der Waals surface area (Å²) in [4.78, 5) is 5.17. The van der Waals surface area contributed by atoms with Crippen molar-refractivity contribution in [1.29, 1.82) is 0 Å². The van der Waals surface area contributed by atoms with E-state index in [9.17, 15) is 0 Å². The molecular weight excluding hydrogens is 395 g/mol. The van der Waals surface area contributed by atoms with Crippen LogP contribution in [0.15, 0.2) is 0 Å². The molecule has 4 rings (SSSR count). The standard InChI is InChI=1S/2C7H12N.2ClHO4/c2*1-3-7-4-2-6-8(7)5-1;2*2-1(3,4)5/h2*3,7H,1-2,4-6H2;2*(H,2,3,4,5)/q2*+1;;/p-2. The molecule has 2 atom stereocenters. The lowest BCUT2D eigenvalue weighted by atomic mass is 10.2. The van der Waals surface area contributed by atoms with Gasteiger partial charge in [-0.2, -0.15) is 0 Å². The Morgan fingerprint density at radius 3 is 1.15 bits per heavy atom. The van der Waals surface area contributed by atoms with Crippen LogP contribution < -0.4 is 37.3 Å². The van der Waals surface area contributed by atoms with Gasteiger partial charge in [0.1, 0.15) is 12.8 Å². The van der Waals surface area contributed by atoms with E-state index in [1.807, 2.05) is 0 Å². The summed E-state index contributed by atoms with van der Waals surface area (Å²) in [6.45, 7) is 5.40. The second-order valence-corrected chi connectivity index (χ2v) is 7.81. The van der Waals surface area contributed by atoms with E-state index < -0.39 is 20.5 Å². The van der Waals surface area contributed by atoms with Crippen LogP contribution in [0, 0.1) is 33.3 Å². The van der Waals surface area contributed by atoms with Gasteiger partial charge in [-0.3, -0.25) is 9.80 Å². The van der Waals surface area contributed by atoms with Gasteiger partial charge >= 0.3 is 0 Å². The highest BCUT2D eigenvalue weighted by atomic mass is 35.7. The summed E-state index contributed by atoms with van der Waals surface area (Å²) in [6, 6.07) is 1.77. The van der Waals surface area contributed by atoms with Crippen LogP contribution in [-0.4, -0.2) is 48.1 Å². The highest BCUT2D eigenvalue weighted by Crippen LogP contribution is 2.26. The average Bonchev–Trinajstić information content (AvgIpc) is 3.17. The van der Waals surface area contributed by atoms with Crippen LogP contribution in [0.4, 0.5) is 0 Å². The van der Waals surface area contributed by atoms with Crippen LogP contribution in [0.2, 0.25) is 0 Å². The van der Waals surface area contributed by atoms with E-state index >= 15 is 0 Å². The minimum Gasteiger partial charge on any atom is -0.259 e. The lowest BCUT2D eigenvalue weighted by Gasteiger charge is -2.17. The molecule has 4 aliphatic rings. The van der Waals surface area contributed by atoms with E-state index in [1.165, 1.54) is 64.7 Å². The van der Waals surface area contributed by atoms with Crippen LogP contribution in [0.25, 0.3) is 0 Å². The predicted molar refractivity (Wildman–Crippen MR) is 67.0 cm³/mol. The molecule has 12 heteroatoms. The highest BCUT2D eigenvalue weighted by Gasteiger charge is 2.36. The minimum atomic E-state index is -4.94. The molecule has 0 aliphatic carbocycles. The lowest BCUT2D eigenvalue weighted by Crippen LogP contribution is -2.68. The van der Waals surface area contributed by atoms with Crippen LogP contribution in [0.1, 0.15) is 38.5 Å². The van der Waals surface area contributed by atoms with Gasteiger partial charge in [0.25, 0.3) is 0 Å². The first kappa shape index (κ1) is 24.0. The summed E-state index contributed by atoms with van der Waals surface area (Å²) in [5.74, 6) is 0. The van der Waals surface area contributed by atoms with Crippen molar-refractivity contribution in [3.63, 3.8) is 0 Å². The SMILES string of the molecule is [CH+]1CCN2CCCC12.[CH+]1CCN2CCCC12.[O-][Cl+3]([O-])([O-])[O-].[O-][Cl+3]([O-])([O-])[O-]. The largest absolute Gasteiger partial charge is 0.259 e. The van der Waals surface area contributed by atoms with E-state index in [-0.39, 0.29) is 0 Å². The molecule has 10 nitrogen and oxygen atoms in total. The molecule has 0 N–H and O–H groups in total. The fourth-order valence-electron chi connectivity index (χ4n) is 3.66. The maximum absolute atomic E-state index is 8.49. The average molecular weight is 419 g/mol. The monoisotopic (exact) mass is 418 g/mol. The molecule has 2 unspecified atom stereocenters. The third kappa shape index (κ3) is 12.3. The Morgan fingerprint density at radius 2 is 0.885 bits per heavy atom. The Labute approximate surface area is 157 Å². The normalized spacial score (nSPS) is 27.5.